The minimum absolute atomic E-state index is 0.0137. The highest BCUT2D eigenvalue weighted by Crippen LogP contribution is 2.49. The zero-order valence-electron chi connectivity index (χ0n) is 18.0. The van der Waals surface area contributed by atoms with Gasteiger partial charge in [-0.2, -0.15) is 5.26 Å². The Bertz CT molecular complexity index is 1550. The number of thioether (sulfide) groups is 1. The Morgan fingerprint density at radius 3 is 2.79 bits per heavy atom. The molecule has 2 aromatic heterocycles. The summed E-state index contributed by atoms with van der Waals surface area (Å²) in [5, 5.41) is 21.2. The molecule has 1 saturated heterocycles. The zero-order chi connectivity index (χ0) is 23.4. The second-order valence-corrected chi connectivity index (χ2v) is 9.44. The van der Waals surface area contributed by atoms with Gasteiger partial charge in [-0.15, -0.1) is 11.8 Å². The molecule has 2 aliphatic rings. The molecule has 2 aromatic carbocycles. The van der Waals surface area contributed by atoms with Crippen LogP contribution in [0.5, 0.6) is 5.88 Å². The van der Waals surface area contributed by atoms with E-state index in [1.807, 2.05) is 30.3 Å². The third-order valence-corrected chi connectivity index (χ3v) is 7.59. The molecule has 0 saturated carbocycles. The Kier molecular flexibility index (Phi) is 4.71. The first-order chi connectivity index (χ1) is 16.6. The van der Waals surface area contributed by atoms with Crippen molar-refractivity contribution in [2.45, 2.75) is 23.4 Å². The summed E-state index contributed by atoms with van der Waals surface area (Å²) >= 11 is 1.48. The van der Waals surface area contributed by atoms with Crippen molar-refractivity contribution in [1.82, 2.24) is 19.0 Å². The number of imidazole rings is 1. The lowest BCUT2D eigenvalue weighted by Crippen LogP contribution is -2.38. The van der Waals surface area contributed by atoms with E-state index in [-0.39, 0.29) is 29.6 Å². The van der Waals surface area contributed by atoms with Gasteiger partial charge in [0.1, 0.15) is 11.8 Å². The number of nitriles is 1. The van der Waals surface area contributed by atoms with E-state index in [2.05, 4.69) is 11.1 Å². The Hall–Kier alpha value is -4.03. The first-order valence-electron chi connectivity index (χ1n) is 10.9. The maximum atomic E-state index is 13.4. The van der Waals surface area contributed by atoms with Gasteiger partial charge in [0.15, 0.2) is 0 Å². The van der Waals surface area contributed by atoms with E-state index in [1.165, 1.54) is 16.3 Å². The number of amides is 1. The summed E-state index contributed by atoms with van der Waals surface area (Å²) in [5.74, 6) is 0.117. The summed E-state index contributed by atoms with van der Waals surface area (Å²) in [6, 6.07) is 18.1. The van der Waals surface area contributed by atoms with Gasteiger partial charge >= 0.3 is 5.69 Å². The number of hydrogen-bond acceptors (Lipinski definition) is 6. The second-order valence-electron chi connectivity index (χ2n) is 8.39. The summed E-state index contributed by atoms with van der Waals surface area (Å²) in [7, 11) is 0. The third-order valence-electron chi connectivity index (χ3n) is 6.59. The van der Waals surface area contributed by atoms with E-state index in [0.29, 0.717) is 46.6 Å². The van der Waals surface area contributed by atoms with E-state index in [4.69, 9.17) is 0 Å². The molecular weight excluding hydrogens is 450 g/mol. The maximum Gasteiger partial charge on any atom is 0.336 e. The Balaban J connectivity index is 1.37. The van der Waals surface area contributed by atoms with Crippen LogP contribution in [-0.2, 0) is 4.79 Å². The fraction of sp³-hybridized carbons (Fsp3) is 0.200. The quantitative estimate of drug-likeness (QED) is 0.460. The number of aromatic nitrogens is 3. The number of pyridine rings is 1. The highest BCUT2D eigenvalue weighted by atomic mass is 32.2. The average Bonchev–Trinajstić information content (AvgIpc) is 3.54. The van der Waals surface area contributed by atoms with Gasteiger partial charge in [0.25, 0.3) is 0 Å². The molecule has 8 nitrogen and oxygen atoms in total. The van der Waals surface area contributed by atoms with E-state index < -0.39 is 0 Å². The highest BCUT2D eigenvalue weighted by Gasteiger charge is 2.49. The summed E-state index contributed by atoms with van der Waals surface area (Å²) in [4.78, 5) is 33.6. The molecule has 2 atom stereocenters. The van der Waals surface area contributed by atoms with Gasteiger partial charge in [-0.3, -0.25) is 14.3 Å². The number of likely N-dealkylation sites (tertiary alicyclic amines) is 1. The molecule has 168 valence electrons. The minimum Gasteiger partial charge on any atom is -0.493 e. The number of hydrogen-bond donors (Lipinski definition) is 1. The first-order valence-corrected chi connectivity index (χ1v) is 11.9. The number of carbonyl (C=O) groups is 1. The van der Waals surface area contributed by atoms with Crippen molar-refractivity contribution >= 4 is 28.6 Å². The van der Waals surface area contributed by atoms with Crippen LogP contribution in [0.15, 0.2) is 70.5 Å². The Morgan fingerprint density at radius 2 is 2.00 bits per heavy atom. The van der Waals surface area contributed by atoms with Gasteiger partial charge in [0.05, 0.1) is 34.6 Å². The molecular formula is C25H19N5O3S. The number of carbonyl (C=O) groups excluding carboxylic acids is 1. The molecule has 0 aliphatic carbocycles. The molecule has 6 rings (SSSR count). The molecule has 2 unspecified atom stereocenters. The van der Waals surface area contributed by atoms with E-state index in [0.717, 1.165) is 4.90 Å². The molecule has 4 heterocycles. The van der Waals surface area contributed by atoms with E-state index in [9.17, 15) is 20.0 Å². The smallest absolute Gasteiger partial charge is 0.336 e. The summed E-state index contributed by atoms with van der Waals surface area (Å²) in [6.07, 6.45) is 2.21. The number of fused-ring (bicyclic) bond motifs is 6. The van der Waals surface area contributed by atoms with Crippen molar-refractivity contribution in [1.29, 1.82) is 5.26 Å². The lowest BCUT2D eigenvalue weighted by molar-refractivity contribution is -0.129. The largest absolute Gasteiger partial charge is 0.493 e. The van der Waals surface area contributed by atoms with E-state index in [1.54, 1.807) is 39.9 Å². The van der Waals surface area contributed by atoms with Gasteiger partial charge in [-0.25, -0.2) is 9.36 Å². The van der Waals surface area contributed by atoms with Crippen LogP contribution in [-0.4, -0.2) is 42.3 Å². The number of aromatic hydroxyl groups is 1. The van der Waals surface area contributed by atoms with Crippen LogP contribution in [0, 0.1) is 11.3 Å². The predicted molar refractivity (Wildman–Crippen MR) is 127 cm³/mol. The SMILES string of the molecule is N#Cc1ccc(-n2c(O)c3n(c2=O)C2CC3N(C(=O)CSc3ccccc3)C2)c2cccnc12. The van der Waals surface area contributed by atoms with Gasteiger partial charge < -0.3 is 10.0 Å². The van der Waals surface area contributed by atoms with Gasteiger partial charge in [0.2, 0.25) is 11.8 Å². The van der Waals surface area contributed by atoms with Crippen LogP contribution in [0.3, 0.4) is 0 Å². The van der Waals surface area contributed by atoms with Crippen molar-refractivity contribution < 1.29 is 9.90 Å². The Morgan fingerprint density at radius 1 is 1.18 bits per heavy atom. The molecule has 0 radical (unpaired) electrons. The van der Waals surface area contributed by atoms with Crippen LogP contribution >= 0.6 is 11.8 Å². The van der Waals surface area contributed by atoms with Gasteiger partial charge in [-0.1, -0.05) is 18.2 Å². The fourth-order valence-electron chi connectivity index (χ4n) is 5.13. The van der Waals surface area contributed by atoms with Crippen molar-refractivity contribution in [3.05, 3.63) is 82.5 Å². The zero-order valence-corrected chi connectivity index (χ0v) is 18.8. The van der Waals surface area contributed by atoms with Crippen molar-refractivity contribution in [2.75, 3.05) is 12.3 Å². The average molecular weight is 470 g/mol. The predicted octanol–water partition coefficient (Wildman–Crippen LogP) is 3.38. The van der Waals surface area contributed by atoms with Crippen molar-refractivity contribution in [2.24, 2.45) is 0 Å². The van der Waals surface area contributed by atoms with Crippen LogP contribution in [0.1, 0.15) is 29.8 Å². The lowest BCUT2D eigenvalue weighted by Gasteiger charge is -2.27. The second kappa shape index (κ2) is 7.78. The number of nitrogens with zero attached hydrogens (tertiary/aromatic N) is 5. The fourth-order valence-corrected chi connectivity index (χ4v) is 5.93. The molecule has 1 fully saturated rings. The monoisotopic (exact) mass is 469 g/mol. The van der Waals surface area contributed by atoms with Crippen LogP contribution in [0.25, 0.3) is 16.6 Å². The lowest BCUT2D eigenvalue weighted by atomic mass is 10.1. The van der Waals surface area contributed by atoms with Crippen molar-refractivity contribution in [3.8, 4) is 17.6 Å². The molecule has 2 bridgehead atoms. The van der Waals surface area contributed by atoms with Crippen molar-refractivity contribution in [3.63, 3.8) is 0 Å². The van der Waals surface area contributed by atoms with Crippen LogP contribution in [0.4, 0.5) is 0 Å². The molecule has 1 N–H and O–H groups in total. The molecule has 1 amide bonds. The van der Waals surface area contributed by atoms with Crippen LogP contribution < -0.4 is 5.69 Å². The molecule has 0 spiro atoms. The minimum atomic E-state index is -0.347. The summed E-state index contributed by atoms with van der Waals surface area (Å²) in [6.45, 7) is 0.449. The van der Waals surface area contributed by atoms with Gasteiger partial charge in [-0.05, 0) is 42.8 Å². The molecule has 4 aromatic rings. The highest BCUT2D eigenvalue weighted by molar-refractivity contribution is 8.00. The normalized spacial score (nSPS) is 18.3. The first kappa shape index (κ1) is 20.6. The molecule has 9 heteroatoms. The standard InChI is InChI=1S/C25H19N5O3S/c26-12-15-8-9-19(18-7-4-10-27-22(15)18)30-24(32)23-20-11-16(29(23)25(30)33)13-28(20)21(31)14-34-17-5-2-1-3-6-17/h1-10,16,20,32H,11,13-14H2. The molecule has 2 aliphatic heterocycles. The van der Waals surface area contributed by atoms with Crippen LogP contribution in [0.2, 0.25) is 0 Å². The Labute approximate surface area is 198 Å². The summed E-state index contributed by atoms with van der Waals surface area (Å²) < 4.78 is 2.89. The maximum absolute atomic E-state index is 13.4. The van der Waals surface area contributed by atoms with E-state index >= 15 is 0 Å². The third kappa shape index (κ3) is 2.96. The molecule has 34 heavy (non-hydrogen) atoms. The number of rotatable bonds is 4. The van der Waals surface area contributed by atoms with Gasteiger partial charge in [0, 0.05) is 23.0 Å². The topological polar surface area (TPSA) is 104 Å². The summed E-state index contributed by atoms with van der Waals surface area (Å²) in [5.41, 5.74) is 1.45. The number of benzene rings is 2.